The summed E-state index contributed by atoms with van der Waals surface area (Å²) >= 11 is 0. The van der Waals surface area contributed by atoms with Gasteiger partial charge in [-0.1, -0.05) is 66.7 Å². The second kappa shape index (κ2) is 7.35. The summed E-state index contributed by atoms with van der Waals surface area (Å²) in [5.74, 6) is 0. The first-order valence-electron chi connectivity index (χ1n) is 8.42. The van der Waals surface area contributed by atoms with Gasteiger partial charge in [0, 0.05) is 25.9 Å². The highest BCUT2D eigenvalue weighted by Crippen LogP contribution is 2.37. The Bertz CT molecular complexity index is 683. The Kier molecular flexibility index (Phi) is 4.99. The predicted octanol–water partition coefficient (Wildman–Crippen LogP) is 4.54. The van der Waals surface area contributed by atoms with Crippen molar-refractivity contribution in [3.63, 3.8) is 0 Å². The summed E-state index contributed by atoms with van der Waals surface area (Å²) in [7, 11) is 0. The molecule has 3 heteroatoms. The van der Waals surface area contributed by atoms with Gasteiger partial charge < -0.3 is 9.64 Å². The number of amides is 1. The van der Waals surface area contributed by atoms with Crippen LogP contribution >= 0.6 is 0 Å². The van der Waals surface area contributed by atoms with Crippen LogP contribution in [0.15, 0.2) is 73.3 Å². The molecule has 3 rings (SSSR count). The van der Waals surface area contributed by atoms with E-state index in [1.807, 2.05) is 54.6 Å². The SMILES string of the molecule is C=CCC1(c2ccccc2)CCN(CCc2ccccc2)C(=O)O1. The van der Waals surface area contributed by atoms with Crippen molar-refractivity contribution in [3.8, 4) is 0 Å². The number of hydrogen-bond donors (Lipinski definition) is 0. The largest absolute Gasteiger partial charge is 0.437 e. The van der Waals surface area contributed by atoms with Crippen molar-refractivity contribution in [2.24, 2.45) is 0 Å². The summed E-state index contributed by atoms with van der Waals surface area (Å²) in [6, 6.07) is 20.2. The van der Waals surface area contributed by atoms with Crippen LogP contribution in [0.2, 0.25) is 0 Å². The van der Waals surface area contributed by atoms with E-state index in [0.717, 1.165) is 18.4 Å². The minimum atomic E-state index is -0.580. The zero-order chi connectivity index (χ0) is 16.8. The van der Waals surface area contributed by atoms with Crippen LogP contribution in [0.25, 0.3) is 0 Å². The predicted molar refractivity (Wildman–Crippen MR) is 95.8 cm³/mol. The Hall–Kier alpha value is -2.55. The molecule has 0 aromatic heterocycles. The van der Waals surface area contributed by atoms with Crippen LogP contribution < -0.4 is 0 Å². The molecule has 2 aromatic carbocycles. The maximum atomic E-state index is 12.5. The maximum Gasteiger partial charge on any atom is 0.410 e. The molecular weight excluding hydrogens is 298 g/mol. The summed E-state index contributed by atoms with van der Waals surface area (Å²) in [5.41, 5.74) is 1.70. The molecule has 1 unspecified atom stereocenters. The van der Waals surface area contributed by atoms with E-state index in [4.69, 9.17) is 4.74 Å². The third kappa shape index (κ3) is 3.51. The standard InChI is InChI=1S/C21H23NO2/c1-2-14-21(19-11-7-4-8-12-19)15-17-22(20(23)24-21)16-13-18-9-5-3-6-10-18/h2-12H,1,13-17H2. The molecule has 1 aliphatic heterocycles. The van der Waals surface area contributed by atoms with Gasteiger partial charge >= 0.3 is 6.09 Å². The third-order valence-electron chi connectivity index (χ3n) is 4.61. The van der Waals surface area contributed by atoms with Gasteiger partial charge in [0.25, 0.3) is 0 Å². The molecule has 1 heterocycles. The summed E-state index contributed by atoms with van der Waals surface area (Å²) in [6.07, 6.45) is 3.86. The number of carbonyl (C=O) groups is 1. The van der Waals surface area contributed by atoms with Gasteiger partial charge in [-0.25, -0.2) is 4.79 Å². The van der Waals surface area contributed by atoms with E-state index in [2.05, 4.69) is 18.7 Å². The van der Waals surface area contributed by atoms with E-state index in [1.54, 1.807) is 4.90 Å². The maximum absolute atomic E-state index is 12.5. The lowest BCUT2D eigenvalue weighted by molar-refractivity contribution is -0.0507. The minimum absolute atomic E-state index is 0.233. The lowest BCUT2D eigenvalue weighted by Gasteiger charge is -2.41. The van der Waals surface area contributed by atoms with Gasteiger partial charge in [0.05, 0.1) is 0 Å². The molecule has 0 aliphatic carbocycles. The van der Waals surface area contributed by atoms with Gasteiger partial charge in [-0.15, -0.1) is 6.58 Å². The van der Waals surface area contributed by atoms with Crippen molar-refractivity contribution in [1.82, 2.24) is 4.90 Å². The molecule has 1 fully saturated rings. The first kappa shape index (κ1) is 16.3. The van der Waals surface area contributed by atoms with Crippen molar-refractivity contribution in [1.29, 1.82) is 0 Å². The lowest BCUT2D eigenvalue weighted by atomic mass is 9.86. The quantitative estimate of drug-likeness (QED) is 0.731. The molecule has 1 amide bonds. The van der Waals surface area contributed by atoms with E-state index < -0.39 is 5.60 Å². The van der Waals surface area contributed by atoms with Gasteiger partial charge in [-0.2, -0.15) is 0 Å². The summed E-state index contributed by atoms with van der Waals surface area (Å²) < 4.78 is 5.92. The average molecular weight is 321 g/mol. The molecule has 124 valence electrons. The average Bonchev–Trinajstić information content (AvgIpc) is 2.63. The highest BCUT2D eigenvalue weighted by molar-refractivity contribution is 5.69. The highest BCUT2D eigenvalue weighted by Gasteiger charge is 2.40. The Morgan fingerprint density at radius 3 is 2.38 bits per heavy atom. The number of carbonyl (C=O) groups excluding carboxylic acids is 1. The molecule has 0 saturated carbocycles. The van der Waals surface area contributed by atoms with Crippen LogP contribution in [-0.4, -0.2) is 24.1 Å². The van der Waals surface area contributed by atoms with Crippen LogP contribution in [0.4, 0.5) is 4.79 Å². The number of nitrogens with zero attached hydrogens (tertiary/aromatic N) is 1. The highest BCUT2D eigenvalue weighted by atomic mass is 16.6. The molecule has 1 atom stereocenters. The molecule has 24 heavy (non-hydrogen) atoms. The van der Waals surface area contributed by atoms with Gasteiger partial charge in [0.15, 0.2) is 0 Å². The number of ether oxygens (including phenoxy) is 1. The van der Waals surface area contributed by atoms with E-state index in [1.165, 1.54) is 5.56 Å². The fourth-order valence-electron chi connectivity index (χ4n) is 3.24. The molecule has 0 radical (unpaired) electrons. The van der Waals surface area contributed by atoms with Crippen molar-refractivity contribution >= 4 is 6.09 Å². The Labute approximate surface area is 143 Å². The van der Waals surface area contributed by atoms with Crippen LogP contribution in [0, 0.1) is 0 Å². The molecular formula is C21H23NO2. The van der Waals surface area contributed by atoms with Gasteiger partial charge in [0.2, 0.25) is 0 Å². The molecule has 1 aliphatic rings. The summed E-state index contributed by atoms with van der Waals surface area (Å²) in [4.78, 5) is 14.4. The van der Waals surface area contributed by atoms with Crippen LogP contribution in [0.1, 0.15) is 24.0 Å². The van der Waals surface area contributed by atoms with Crippen molar-refractivity contribution in [3.05, 3.63) is 84.4 Å². The van der Waals surface area contributed by atoms with E-state index in [-0.39, 0.29) is 6.09 Å². The number of rotatable bonds is 6. The first-order valence-corrected chi connectivity index (χ1v) is 8.42. The monoisotopic (exact) mass is 321 g/mol. The summed E-state index contributed by atoms with van der Waals surface area (Å²) in [6.45, 7) is 5.23. The fourth-order valence-corrected chi connectivity index (χ4v) is 3.24. The van der Waals surface area contributed by atoms with Crippen molar-refractivity contribution < 1.29 is 9.53 Å². The Morgan fingerprint density at radius 2 is 1.75 bits per heavy atom. The summed E-state index contributed by atoms with van der Waals surface area (Å²) in [5, 5.41) is 0. The smallest absolute Gasteiger partial charge is 0.410 e. The van der Waals surface area contributed by atoms with Gasteiger partial charge in [0.1, 0.15) is 5.60 Å². The second-order valence-electron chi connectivity index (χ2n) is 6.19. The van der Waals surface area contributed by atoms with Crippen LogP contribution in [-0.2, 0) is 16.8 Å². The van der Waals surface area contributed by atoms with Crippen molar-refractivity contribution in [2.45, 2.75) is 24.9 Å². The molecule has 2 aromatic rings. The molecule has 3 nitrogen and oxygen atoms in total. The van der Waals surface area contributed by atoms with E-state index in [9.17, 15) is 4.79 Å². The number of cyclic esters (lactones) is 1. The molecule has 1 saturated heterocycles. The topological polar surface area (TPSA) is 29.5 Å². The third-order valence-corrected chi connectivity index (χ3v) is 4.61. The molecule has 0 N–H and O–H groups in total. The Balaban J connectivity index is 1.69. The van der Waals surface area contributed by atoms with E-state index >= 15 is 0 Å². The van der Waals surface area contributed by atoms with Crippen LogP contribution in [0.3, 0.4) is 0 Å². The Morgan fingerprint density at radius 1 is 1.08 bits per heavy atom. The second-order valence-corrected chi connectivity index (χ2v) is 6.19. The zero-order valence-corrected chi connectivity index (χ0v) is 13.9. The molecule has 0 bridgehead atoms. The number of benzene rings is 2. The van der Waals surface area contributed by atoms with Crippen molar-refractivity contribution in [2.75, 3.05) is 13.1 Å². The van der Waals surface area contributed by atoms with Gasteiger partial charge in [-0.05, 0) is 17.5 Å². The lowest BCUT2D eigenvalue weighted by Crippen LogP contribution is -2.48. The number of hydrogen-bond acceptors (Lipinski definition) is 2. The normalized spacial score (nSPS) is 20.5. The fraction of sp³-hybridized carbons (Fsp3) is 0.286. The van der Waals surface area contributed by atoms with E-state index in [0.29, 0.717) is 19.5 Å². The minimum Gasteiger partial charge on any atom is -0.437 e. The zero-order valence-electron chi connectivity index (χ0n) is 13.9. The van der Waals surface area contributed by atoms with Crippen LogP contribution in [0.5, 0.6) is 0 Å². The first-order chi connectivity index (χ1) is 11.7. The van der Waals surface area contributed by atoms with Gasteiger partial charge in [-0.3, -0.25) is 0 Å². The molecule has 0 spiro atoms.